The number of benzene rings is 3. The second kappa shape index (κ2) is 7.00. The first-order valence-corrected chi connectivity index (χ1v) is 11.4. The molecule has 7 rings (SSSR count). The number of nitrogens with zero attached hydrogens (tertiary/aromatic N) is 4. The van der Waals surface area contributed by atoms with Crippen LogP contribution in [0.4, 0.5) is 5.69 Å². The number of amides is 1. The van der Waals surface area contributed by atoms with E-state index in [0.717, 1.165) is 55.8 Å². The first-order valence-electron chi connectivity index (χ1n) is 10.7. The van der Waals surface area contributed by atoms with Gasteiger partial charge in [-0.2, -0.15) is 8.75 Å². The second-order valence-electron chi connectivity index (χ2n) is 8.20. The smallest absolute Gasteiger partial charge is 0.294 e. The van der Waals surface area contributed by atoms with Crippen molar-refractivity contribution in [2.24, 2.45) is 0 Å². The predicted octanol–water partition coefficient (Wildman–Crippen LogP) is 5.11. The normalized spacial score (nSPS) is 16.5. The van der Waals surface area contributed by atoms with Crippen LogP contribution >= 0.6 is 11.7 Å². The number of anilines is 1. The minimum Gasteiger partial charge on any atom is -0.503 e. The lowest BCUT2D eigenvalue weighted by molar-refractivity contribution is -0.117. The van der Waals surface area contributed by atoms with Crippen molar-refractivity contribution in [1.29, 1.82) is 0 Å². The maximum absolute atomic E-state index is 13.6. The van der Waals surface area contributed by atoms with Gasteiger partial charge in [-0.15, -0.1) is 0 Å². The third kappa shape index (κ3) is 2.64. The Kier molecular flexibility index (Phi) is 3.91. The summed E-state index contributed by atoms with van der Waals surface area (Å²) >= 11 is 1.15. The van der Waals surface area contributed by atoms with Crippen LogP contribution < -0.4 is 4.90 Å². The number of aliphatic hydroxyl groups is 1. The van der Waals surface area contributed by atoms with Crippen LogP contribution in [0.15, 0.2) is 78.9 Å². The molecule has 1 unspecified atom stereocenters. The third-order valence-corrected chi connectivity index (χ3v) is 6.92. The van der Waals surface area contributed by atoms with E-state index < -0.39 is 11.9 Å². The van der Waals surface area contributed by atoms with E-state index in [1.54, 1.807) is 11.2 Å². The number of hydrogen-bond donors (Lipinski definition) is 3. The molecular weight excluding hydrogens is 448 g/mol. The van der Waals surface area contributed by atoms with Crippen molar-refractivity contribution in [3.05, 3.63) is 90.1 Å². The van der Waals surface area contributed by atoms with E-state index in [1.807, 2.05) is 66.9 Å². The van der Waals surface area contributed by atoms with E-state index in [1.165, 1.54) is 0 Å². The molecule has 4 heterocycles. The fourth-order valence-electron chi connectivity index (χ4n) is 4.80. The van der Waals surface area contributed by atoms with E-state index in [4.69, 9.17) is 0 Å². The van der Waals surface area contributed by atoms with Crippen molar-refractivity contribution in [2.75, 3.05) is 4.90 Å². The molecule has 9 heteroatoms. The highest BCUT2D eigenvalue weighted by Gasteiger charge is 2.43. The molecular formula is C25H16N6O2S. The Labute approximate surface area is 196 Å². The van der Waals surface area contributed by atoms with Crippen LogP contribution in [0.25, 0.3) is 38.5 Å². The number of aliphatic hydroxyl groups excluding tert-OH is 1. The number of para-hydroxylation sites is 1. The topological polar surface area (TPSA) is 111 Å². The molecule has 0 radical (unpaired) electrons. The Morgan fingerprint density at radius 3 is 2.71 bits per heavy atom. The van der Waals surface area contributed by atoms with Crippen LogP contribution in [-0.2, 0) is 4.79 Å². The van der Waals surface area contributed by atoms with E-state index in [9.17, 15) is 9.90 Å². The largest absolute Gasteiger partial charge is 0.503 e. The molecule has 3 N–H and O–H groups in total. The number of rotatable bonds is 3. The minimum absolute atomic E-state index is 0.268. The highest BCUT2D eigenvalue weighted by Crippen LogP contribution is 2.47. The lowest BCUT2D eigenvalue weighted by Crippen LogP contribution is -2.30. The number of hydrogen-bond acceptors (Lipinski definition) is 6. The quantitative estimate of drug-likeness (QED) is 0.337. The van der Waals surface area contributed by atoms with Crippen LogP contribution in [0.1, 0.15) is 17.2 Å². The molecule has 6 aromatic rings. The standard InChI is InChI=1S/C25H16N6O2S/c32-24-22(16-11-26-17-4-2-1-3-15(16)17)23(13-5-7-19-21(9-13)30-34-29-19)31(25(24)33)14-6-8-18-20(10-14)28-12-27-18/h1-12,23,26,32H,(H,27,28). The Hall–Kier alpha value is -4.50. The molecule has 34 heavy (non-hydrogen) atoms. The number of nitrogens with one attached hydrogen (secondary N) is 2. The van der Waals surface area contributed by atoms with E-state index >= 15 is 0 Å². The van der Waals surface area contributed by atoms with Gasteiger partial charge in [0, 0.05) is 33.9 Å². The summed E-state index contributed by atoms with van der Waals surface area (Å²) in [5.41, 5.74) is 6.92. The van der Waals surface area contributed by atoms with Gasteiger partial charge in [0.25, 0.3) is 5.91 Å². The maximum Gasteiger partial charge on any atom is 0.294 e. The van der Waals surface area contributed by atoms with E-state index in [0.29, 0.717) is 11.3 Å². The van der Waals surface area contributed by atoms with Crippen LogP contribution in [0.5, 0.6) is 0 Å². The zero-order valence-corrected chi connectivity index (χ0v) is 18.4. The van der Waals surface area contributed by atoms with Crippen molar-refractivity contribution in [1.82, 2.24) is 23.7 Å². The van der Waals surface area contributed by atoms with Crippen molar-refractivity contribution in [3.8, 4) is 0 Å². The highest BCUT2D eigenvalue weighted by atomic mass is 32.1. The van der Waals surface area contributed by atoms with Crippen molar-refractivity contribution >= 4 is 61.9 Å². The number of fused-ring (bicyclic) bond motifs is 3. The maximum atomic E-state index is 13.6. The molecule has 1 atom stereocenters. The lowest BCUT2D eigenvalue weighted by atomic mass is 9.92. The first kappa shape index (κ1) is 19.0. The molecule has 164 valence electrons. The van der Waals surface area contributed by atoms with Gasteiger partial charge in [0.05, 0.1) is 35.1 Å². The molecule has 3 aromatic heterocycles. The molecule has 1 aliphatic heterocycles. The predicted molar refractivity (Wildman–Crippen MR) is 132 cm³/mol. The highest BCUT2D eigenvalue weighted by molar-refractivity contribution is 7.00. The van der Waals surface area contributed by atoms with Crippen LogP contribution in [-0.4, -0.2) is 34.7 Å². The molecule has 8 nitrogen and oxygen atoms in total. The molecule has 1 amide bonds. The van der Waals surface area contributed by atoms with E-state index in [-0.39, 0.29) is 5.76 Å². The van der Waals surface area contributed by atoms with Crippen molar-refractivity contribution in [3.63, 3.8) is 0 Å². The zero-order chi connectivity index (χ0) is 22.8. The summed E-state index contributed by atoms with van der Waals surface area (Å²) in [4.78, 5) is 25.9. The molecule has 0 bridgehead atoms. The summed E-state index contributed by atoms with van der Waals surface area (Å²) in [6.07, 6.45) is 3.47. The lowest BCUT2D eigenvalue weighted by Gasteiger charge is -2.27. The van der Waals surface area contributed by atoms with Crippen LogP contribution in [0.3, 0.4) is 0 Å². The fraction of sp³-hybridized carbons (Fsp3) is 0.0400. The average Bonchev–Trinajstić information content (AvgIpc) is 3.64. The first-order chi connectivity index (χ1) is 16.7. The van der Waals surface area contributed by atoms with Gasteiger partial charge < -0.3 is 15.1 Å². The number of H-pyrrole nitrogens is 2. The van der Waals surface area contributed by atoms with Crippen LogP contribution in [0.2, 0.25) is 0 Å². The van der Waals surface area contributed by atoms with Gasteiger partial charge in [-0.1, -0.05) is 24.3 Å². The summed E-state index contributed by atoms with van der Waals surface area (Å²) in [6.45, 7) is 0. The Bertz CT molecular complexity index is 1780. The van der Waals surface area contributed by atoms with E-state index in [2.05, 4.69) is 23.7 Å². The summed E-state index contributed by atoms with van der Waals surface area (Å²) in [6, 6.07) is 18.7. The van der Waals surface area contributed by atoms with Gasteiger partial charge in [-0.3, -0.25) is 9.69 Å². The van der Waals surface area contributed by atoms with Gasteiger partial charge in [0.1, 0.15) is 11.0 Å². The number of carbonyl (C=O) groups excluding carboxylic acids is 1. The molecule has 0 saturated carbocycles. The third-order valence-electron chi connectivity index (χ3n) is 6.36. The van der Waals surface area contributed by atoms with Gasteiger partial charge in [0.15, 0.2) is 5.76 Å². The van der Waals surface area contributed by atoms with Gasteiger partial charge >= 0.3 is 0 Å². The molecule has 3 aromatic carbocycles. The van der Waals surface area contributed by atoms with Crippen molar-refractivity contribution < 1.29 is 9.90 Å². The van der Waals surface area contributed by atoms with Gasteiger partial charge in [-0.05, 0) is 42.0 Å². The Balaban J connectivity index is 1.48. The van der Waals surface area contributed by atoms with Gasteiger partial charge in [0.2, 0.25) is 0 Å². The Morgan fingerprint density at radius 2 is 1.76 bits per heavy atom. The molecule has 0 fully saturated rings. The average molecular weight is 465 g/mol. The molecule has 0 aliphatic carbocycles. The number of carbonyl (C=O) groups is 1. The summed E-state index contributed by atoms with van der Waals surface area (Å²) in [5.74, 6) is -0.725. The summed E-state index contributed by atoms with van der Waals surface area (Å²) in [7, 11) is 0. The summed E-state index contributed by atoms with van der Waals surface area (Å²) in [5, 5.41) is 12.2. The molecule has 0 spiro atoms. The number of imidazole rings is 1. The van der Waals surface area contributed by atoms with Crippen molar-refractivity contribution in [2.45, 2.75) is 6.04 Å². The molecule has 0 saturated heterocycles. The fourth-order valence-corrected chi connectivity index (χ4v) is 5.32. The number of aromatic amines is 2. The molecule has 1 aliphatic rings. The number of aromatic nitrogens is 5. The van der Waals surface area contributed by atoms with Gasteiger partial charge in [-0.25, -0.2) is 4.98 Å². The SMILES string of the molecule is O=C1C(O)=C(c2c[nH]c3ccccc23)C(c2ccc3nsnc3c2)N1c1ccc2nc[nH]c2c1. The Morgan fingerprint density at radius 1 is 0.912 bits per heavy atom. The zero-order valence-electron chi connectivity index (χ0n) is 17.6. The summed E-state index contributed by atoms with van der Waals surface area (Å²) < 4.78 is 8.69. The minimum atomic E-state index is -0.557. The second-order valence-corrected chi connectivity index (χ2v) is 8.73. The monoisotopic (exact) mass is 464 g/mol. The van der Waals surface area contributed by atoms with Crippen LogP contribution in [0, 0.1) is 0 Å².